The first kappa shape index (κ1) is 23.9. The molecule has 206 valence electrons. The largest absolute Gasteiger partial charge is 0.309 e. The van der Waals surface area contributed by atoms with Crippen LogP contribution < -0.4 is 0 Å². The van der Waals surface area contributed by atoms with Gasteiger partial charge in [-0.2, -0.15) is 0 Å². The van der Waals surface area contributed by atoms with Gasteiger partial charge in [0.2, 0.25) is 0 Å². The minimum Gasteiger partial charge on any atom is -0.309 e. The first-order chi connectivity index (χ1) is 21.8. The molecule has 0 radical (unpaired) electrons. The van der Waals surface area contributed by atoms with Crippen molar-refractivity contribution in [3.05, 3.63) is 157 Å². The first-order valence-electron chi connectivity index (χ1n) is 15.5. The monoisotopic (exact) mass is 560 g/mol. The Morgan fingerprint density at radius 3 is 1.66 bits per heavy atom. The molecule has 0 saturated carbocycles. The van der Waals surface area contributed by atoms with Crippen molar-refractivity contribution in [3.63, 3.8) is 0 Å². The van der Waals surface area contributed by atoms with Crippen molar-refractivity contribution < 1.29 is 0 Å². The summed E-state index contributed by atoms with van der Waals surface area (Å²) in [5.41, 5.74) is 13.0. The fraction of sp³-hybridized carbons (Fsp3) is 0.0476. The van der Waals surface area contributed by atoms with Crippen LogP contribution in [-0.4, -0.2) is 9.13 Å². The van der Waals surface area contributed by atoms with Gasteiger partial charge in [0.1, 0.15) is 0 Å². The van der Waals surface area contributed by atoms with E-state index in [1.165, 1.54) is 88.0 Å². The van der Waals surface area contributed by atoms with Crippen molar-refractivity contribution in [1.82, 2.24) is 9.13 Å². The van der Waals surface area contributed by atoms with Crippen LogP contribution in [0.5, 0.6) is 0 Å². The molecule has 2 heteroatoms. The van der Waals surface area contributed by atoms with Crippen molar-refractivity contribution in [2.75, 3.05) is 0 Å². The molecule has 2 aromatic heterocycles. The molecule has 0 unspecified atom stereocenters. The third kappa shape index (κ3) is 3.20. The predicted octanol–water partition coefficient (Wildman–Crippen LogP) is 10.8. The lowest BCUT2D eigenvalue weighted by molar-refractivity contribution is 0.945. The van der Waals surface area contributed by atoms with Crippen LogP contribution in [0, 0.1) is 0 Å². The molecule has 0 amide bonds. The van der Waals surface area contributed by atoms with E-state index in [2.05, 4.69) is 155 Å². The Morgan fingerprint density at radius 2 is 0.909 bits per heavy atom. The Kier molecular flexibility index (Phi) is 4.86. The number of fused-ring (bicyclic) bond motifs is 12. The van der Waals surface area contributed by atoms with Crippen molar-refractivity contribution in [1.29, 1.82) is 0 Å². The number of aromatic nitrogens is 2. The Labute approximate surface area is 255 Å². The smallest absolute Gasteiger partial charge is 0.0547 e. The highest BCUT2D eigenvalue weighted by atomic mass is 15.0. The van der Waals surface area contributed by atoms with E-state index in [0.717, 1.165) is 12.8 Å². The lowest BCUT2D eigenvalue weighted by Gasteiger charge is -2.21. The average molecular weight is 561 g/mol. The Balaban J connectivity index is 1.21. The van der Waals surface area contributed by atoms with Gasteiger partial charge in [-0.05, 0) is 94.4 Å². The topological polar surface area (TPSA) is 9.86 Å². The van der Waals surface area contributed by atoms with Gasteiger partial charge in [-0.15, -0.1) is 0 Å². The number of aryl methyl sites for hydroxylation is 2. The zero-order valence-corrected chi connectivity index (χ0v) is 24.2. The fourth-order valence-corrected chi connectivity index (χ4v) is 7.92. The van der Waals surface area contributed by atoms with Crippen LogP contribution in [0.25, 0.3) is 76.9 Å². The van der Waals surface area contributed by atoms with E-state index in [0.29, 0.717) is 0 Å². The van der Waals surface area contributed by atoms with Gasteiger partial charge in [0.25, 0.3) is 0 Å². The molecule has 1 aliphatic rings. The number of benzene rings is 7. The molecule has 0 atom stereocenters. The molecule has 1 aliphatic carbocycles. The summed E-state index contributed by atoms with van der Waals surface area (Å²) >= 11 is 0. The number of para-hydroxylation sites is 2. The molecule has 2 nitrogen and oxygen atoms in total. The maximum Gasteiger partial charge on any atom is 0.0547 e. The van der Waals surface area contributed by atoms with Crippen LogP contribution >= 0.6 is 0 Å². The second kappa shape index (κ2) is 8.95. The molecule has 0 fully saturated rings. The summed E-state index contributed by atoms with van der Waals surface area (Å²) in [6.07, 6.45) is 2.19. The Bertz CT molecular complexity index is 2600. The van der Waals surface area contributed by atoms with E-state index in [1.54, 1.807) is 0 Å². The molecular weight excluding hydrogens is 532 g/mol. The fourth-order valence-electron chi connectivity index (χ4n) is 7.92. The number of rotatable bonds is 2. The summed E-state index contributed by atoms with van der Waals surface area (Å²) < 4.78 is 4.87. The molecule has 44 heavy (non-hydrogen) atoms. The predicted molar refractivity (Wildman–Crippen MR) is 185 cm³/mol. The van der Waals surface area contributed by atoms with E-state index in [1.807, 2.05) is 0 Å². The zero-order valence-electron chi connectivity index (χ0n) is 24.2. The van der Waals surface area contributed by atoms with Crippen molar-refractivity contribution in [2.45, 2.75) is 12.8 Å². The molecule has 0 N–H and O–H groups in total. The van der Waals surface area contributed by atoms with E-state index in [9.17, 15) is 0 Å². The second-order valence-corrected chi connectivity index (χ2v) is 12.1. The molecule has 0 aliphatic heterocycles. The van der Waals surface area contributed by atoms with Crippen molar-refractivity contribution in [3.8, 4) is 22.5 Å². The molecular formula is C42H28N2. The van der Waals surface area contributed by atoms with Gasteiger partial charge in [0.05, 0.1) is 22.1 Å². The molecule has 10 rings (SSSR count). The van der Waals surface area contributed by atoms with E-state index in [4.69, 9.17) is 0 Å². The van der Waals surface area contributed by atoms with Crippen molar-refractivity contribution in [2.24, 2.45) is 0 Å². The summed E-state index contributed by atoms with van der Waals surface area (Å²) in [4.78, 5) is 0. The summed E-state index contributed by atoms with van der Waals surface area (Å²) in [5, 5.41) is 7.85. The third-order valence-electron chi connectivity index (χ3n) is 9.80. The molecule has 0 spiro atoms. The van der Waals surface area contributed by atoms with Crippen LogP contribution in [0.3, 0.4) is 0 Å². The highest BCUT2D eigenvalue weighted by Gasteiger charge is 2.23. The van der Waals surface area contributed by atoms with Gasteiger partial charge >= 0.3 is 0 Å². The third-order valence-corrected chi connectivity index (χ3v) is 9.80. The van der Waals surface area contributed by atoms with Gasteiger partial charge in [-0.3, -0.25) is 0 Å². The van der Waals surface area contributed by atoms with Crippen LogP contribution in [0.15, 0.2) is 146 Å². The van der Waals surface area contributed by atoms with Gasteiger partial charge in [0.15, 0.2) is 0 Å². The molecule has 0 saturated heterocycles. The van der Waals surface area contributed by atoms with Crippen LogP contribution in [-0.2, 0) is 12.8 Å². The van der Waals surface area contributed by atoms with Gasteiger partial charge < -0.3 is 9.13 Å². The lowest BCUT2D eigenvalue weighted by atomic mass is 9.83. The standard InChI is InChI=1S/C42H28N2/c1-3-11-32-27(9-1)17-18-29-20-26-39-42(40(29)32)35-14-6-8-16-37(35)44(39)31-23-21-30(22-24-31)43-36-15-7-5-13-34(36)41-33-12-4-2-10-28(33)19-25-38(41)43/h1-16,19-26H,17-18H2. The highest BCUT2D eigenvalue weighted by molar-refractivity contribution is 6.21. The second-order valence-electron chi connectivity index (χ2n) is 12.1. The van der Waals surface area contributed by atoms with Gasteiger partial charge in [-0.1, -0.05) is 97.1 Å². The summed E-state index contributed by atoms with van der Waals surface area (Å²) in [5.74, 6) is 0. The van der Waals surface area contributed by atoms with Gasteiger partial charge in [-0.25, -0.2) is 0 Å². The van der Waals surface area contributed by atoms with Crippen LogP contribution in [0.4, 0.5) is 0 Å². The number of hydrogen-bond acceptors (Lipinski definition) is 0. The minimum atomic E-state index is 1.09. The van der Waals surface area contributed by atoms with Crippen LogP contribution in [0.1, 0.15) is 11.1 Å². The first-order valence-corrected chi connectivity index (χ1v) is 15.5. The van der Waals surface area contributed by atoms with Gasteiger partial charge in [0, 0.05) is 32.9 Å². The van der Waals surface area contributed by atoms with Crippen LogP contribution in [0.2, 0.25) is 0 Å². The normalized spacial score (nSPS) is 12.8. The molecule has 0 bridgehead atoms. The maximum atomic E-state index is 2.45. The lowest BCUT2D eigenvalue weighted by Crippen LogP contribution is -2.04. The minimum absolute atomic E-state index is 1.09. The van der Waals surface area contributed by atoms with E-state index in [-0.39, 0.29) is 0 Å². The van der Waals surface area contributed by atoms with Crippen molar-refractivity contribution >= 4 is 54.4 Å². The number of nitrogens with zero attached hydrogens (tertiary/aromatic N) is 2. The summed E-state index contributed by atoms with van der Waals surface area (Å²) in [7, 11) is 0. The highest BCUT2D eigenvalue weighted by Crippen LogP contribution is 2.44. The Morgan fingerprint density at radius 1 is 0.364 bits per heavy atom. The zero-order chi connectivity index (χ0) is 28.8. The van der Waals surface area contributed by atoms with E-state index < -0.39 is 0 Å². The molecule has 2 heterocycles. The quantitative estimate of drug-likeness (QED) is 0.199. The molecule has 7 aromatic carbocycles. The summed E-state index contributed by atoms with van der Waals surface area (Å²) in [6, 6.07) is 53.7. The van der Waals surface area contributed by atoms with E-state index >= 15 is 0 Å². The SMILES string of the molecule is c1ccc2c(c1)CCc1ccc3c(c1-2)c1ccccc1n3-c1ccc(-n2c3ccccc3c3c4ccccc4ccc32)cc1. The summed E-state index contributed by atoms with van der Waals surface area (Å²) in [6.45, 7) is 0. The average Bonchev–Trinajstić information content (AvgIpc) is 3.61. The molecule has 9 aromatic rings. The Hall–Kier alpha value is -5.60. The maximum absolute atomic E-state index is 2.45. The number of hydrogen-bond donors (Lipinski definition) is 0.